The Balaban J connectivity index is 2.42. The van der Waals surface area contributed by atoms with Gasteiger partial charge in [-0.25, -0.2) is 0 Å². The summed E-state index contributed by atoms with van der Waals surface area (Å²) in [7, 11) is 1.49. The Bertz CT molecular complexity index is 890. The van der Waals surface area contributed by atoms with Crippen LogP contribution in [0.25, 0.3) is 28.4 Å². The van der Waals surface area contributed by atoms with Crippen LogP contribution in [0.1, 0.15) is 12.5 Å². The molecule has 0 aliphatic rings. The molecule has 0 amide bonds. The second-order valence-electron chi connectivity index (χ2n) is 4.88. The molecular weight excluding hydrogens is 276 g/mol. The first-order valence-corrected chi connectivity index (χ1v) is 7.08. The van der Waals surface area contributed by atoms with Crippen LogP contribution in [0.15, 0.2) is 63.8 Å². The zero-order valence-corrected chi connectivity index (χ0v) is 12.5. The van der Waals surface area contributed by atoms with Crippen LogP contribution in [0.5, 0.6) is 5.75 Å². The number of ether oxygens (including phenoxy) is 1. The van der Waals surface area contributed by atoms with Gasteiger partial charge in [-0.05, 0) is 13.0 Å². The van der Waals surface area contributed by atoms with Crippen LogP contribution in [-0.4, -0.2) is 7.11 Å². The standard InChI is InChI=1S/C19H16O3/c1-3-8-13-11-7-12-15-16(20)19(21-2)18(22-17(13)15)14-9-5-4-6-10-14/h3-12H,1-2H3/b8-3+. The van der Waals surface area contributed by atoms with Crippen molar-refractivity contribution < 1.29 is 9.15 Å². The molecule has 0 aliphatic carbocycles. The van der Waals surface area contributed by atoms with Crippen LogP contribution < -0.4 is 10.2 Å². The number of hydrogen-bond acceptors (Lipinski definition) is 3. The summed E-state index contributed by atoms with van der Waals surface area (Å²) in [4.78, 5) is 12.7. The van der Waals surface area contributed by atoms with Gasteiger partial charge in [0.2, 0.25) is 11.2 Å². The van der Waals surface area contributed by atoms with Crippen LogP contribution in [0.4, 0.5) is 0 Å². The van der Waals surface area contributed by atoms with Crippen molar-refractivity contribution in [3.05, 3.63) is 70.4 Å². The molecule has 3 nitrogen and oxygen atoms in total. The van der Waals surface area contributed by atoms with E-state index in [9.17, 15) is 4.79 Å². The number of rotatable bonds is 3. The molecule has 0 spiro atoms. The lowest BCUT2D eigenvalue weighted by molar-refractivity contribution is 0.398. The van der Waals surface area contributed by atoms with E-state index in [2.05, 4.69) is 0 Å². The monoisotopic (exact) mass is 292 g/mol. The second kappa shape index (κ2) is 5.90. The average molecular weight is 292 g/mol. The zero-order valence-electron chi connectivity index (χ0n) is 12.5. The number of hydrogen-bond donors (Lipinski definition) is 0. The van der Waals surface area contributed by atoms with E-state index in [1.807, 2.05) is 61.5 Å². The van der Waals surface area contributed by atoms with E-state index in [1.54, 1.807) is 6.07 Å². The van der Waals surface area contributed by atoms with Crippen molar-refractivity contribution in [2.24, 2.45) is 0 Å². The molecule has 3 aromatic rings. The lowest BCUT2D eigenvalue weighted by Gasteiger charge is -2.10. The van der Waals surface area contributed by atoms with Gasteiger partial charge in [-0.3, -0.25) is 4.79 Å². The van der Waals surface area contributed by atoms with Crippen molar-refractivity contribution in [3.63, 3.8) is 0 Å². The van der Waals surface area contributed by atoms with E-state index in [1.165, 1.54) is 7.11 Å². The summed E-state index contributed by atoms with van der Waals surface area (Å²) in [5, 5.41) is 0.520. The quantitative estimate of drug-likeness (QED) is 0.713. The van der Waals surface area contributed by atoms with Gasteiger partial charge in [0.05, 0.1) is 12.5 Å². The molecule has 0 N–H and O–H groups in total. The molecule has 0 saturated carbocycles. The highest BCUT2D eigenvalue weighted by atomic mass is 16.5. The first-order chi connectivity index (χ1) is 10.8. The summed E-state index contributed by atoms with van der Waals surface area (Å²) in [5.74, 6) is 0.689. The molecule has 3 heteroatoms. The van der Waals surface area contributed by atoms with E-state index >= 15 is 0 Å². The molecule has 1 heterocycles. The molecule has 22 heavy (non-hydrogen) atoms. The number of allylic oxidation sites excluding steroid dienone is 1. The molecule has 0 unspecified atom stereocenters. The van der Waals surface area contributed by atoms with Crippen LogP contribution >= 0.6 is 0 Å². The zero-order chi connectivity index (χ0) is 15.5. The molecule has 3 rings (SSSR count). The molecular formula is C19H16O3. The maximum atomic E-state index is 12.7. The lowest BCUT2D eigenvalue weighted by Crippen LogP contribution is -2.08. The predicted molar refractivity (Wildman–Crippen MR) is 89.2 cm³/mol. The Kier molecular flexibility index (Phi) is 3.79. The minimum Gasteiger partial charge on any atom is -0.490 e. The highest BCUT2D eigenvalue weighted by Gasteiger charge is 2.17. The first-order valence-electron chi connectivity index (χ1n) is 7.08. The lowest BCUT2D eigenvalue weighted by atomic mass is 10.1. The highest BCUT2D eigenvalue weighted by Crippen LogP contribution is 2.31. The third-order valence-corrected chi connectivity index (χ3v) is 3.49. The molecule has 0 saturated heterocycles. The van der Waals surface area contributed by atoms with Crippen molar-refractivity contribution in [3.8, 4) is 17.1 Å². The Morgan fingerprint density at radius 2 is 1.82 bits per heavy atom. The van der Waals surface area contributed by atoms with Gasteiger partial charge in [0, 0.05) is 11.1 Å². The minimum atomic E-state index is -0.158. The fourth-order valence-electron chi connectivity index (χ4n) is 2.50. The van der Waals surface area contributed by atoms with Gasteiger partial charge in [0.1, 0.15) is 5.58 Å². The molecule has 0 aliphatic heterocycles. The normalized spacial score (nSPS) is 11.2. The van der Waals surface area contributed by atoms with Crippen LogP contribution in [-0.2, 0) is 0 Å². The molecule has 1 aromatic heterocycles. The maximum absolute atomic E-state index is 12.7. The third kappa shape index (κ3) is 2.31. The van der Waals surface area contributed by atoms with Crippen molar-refractivity contribution in [2.75, 3.05) is 7.11 Å². The minimum absolute atomic E-state index is 0.158. The molecule has 0 fully saturated rings. The van der Waals surface area contributed by atoms with Crippen LogP contribution in [0, 0.1) is 0 Å². The summed E-state index contributed by atoms with van der Waals surface area (Å²) < 4.78 is 11.4. The van der Waals surface area contributed by atoms with Gasteiger partial charge in [-0.1, -0.05) is 54.6 Å². The predicted octanol–water partition coefficient (Wildman–Crippen LogP) is 4.50. The molecule has 0 bridgehead atoms. The van der Waals surface area contributed by atoms with Gasteiger partial charge < -0.3 is 9.15 Å². The smallest absolute Gasteiger partial charge is 0.235 e. The van der Waals surface area contributed by atoms with Gasteiger partial charge in [-0.15, -0.1) is 0 Å². The average Bonchev–Trinajstić information content (AvgIpc) is 2.56. The number of para-hydroxylation sites is 1. The number of benzene rings is 2. The van der Waals surface area contributed by atoms with Gasteiger partial charge >= 0.3 is 0 Å². The van der Waals surface area contributed by atoms with Crippen molar-refractivity contribution in [1.82, 2.24) is 0 Å². The summed E-state index contributed by atoms with van der Waals surface area (Å²) in [6.07, 6.45) is 3.84. The second-order valence-corrected chi connectivity index (χ2v) is 4.88. The van der Waals surface area contributed by atoms with E-state index in [0.717, 1.165) is 11.1 Å². The highest BCUT2D eigenvalue weighted by molar-refractivity contribution is 5.88. The Morgan fingerprint density at radius 1 is 1.05 bits per heavy atom. The van der Waals surface area contributed by atoms with E-state index in [-0.39, 0.29) is 11.2 Å². The molecule has 2 aromatic carbocycles. The topological polar surface area (TPSA) is 39.4 Å². The fraction of sp³-hybridized carbons (Fsp3) is 0.105. The van der Waals surface area contributed by atoms with E-state index < -0.39 is 0 Å². The van der Waals surface area contributed by atoms with E-state index in [0.29, 0.717) is 16.7 Å². The maximum Gasteiger partial charge on any atom is 0.235 e. The van der Waals surface area contributed by atoms with Crippen LogP contribution in [0.3, 0.4) is 0 Å². The summed E-state index contributed by atoms with van der Waals surface area (Å²) in [6.45, 7) is 1.93. The van der Waals surface area contributed by atoms with Crippen molar-refractivity contribution >= 4 is 17.0 Å². The van der Waals surface area contributed by atoms with Gasteiger partial charge in [-0.2, -0.15) is 0 Å². The van der Waals surface area contributed by atoms with Gasteiger partial charge in [0.25, 0.3) is 0 Å². The Morgan fingerprint density at radius 3 is 2.50 bits per heavy atom. The van der Waals surface area contributed by atoms with Crippen LogP contribution in [0.2, 0.25) is 0 Å². The molecule has 110 valence electrons. The van der Waals surface area contributed by atoms with E-state index in [4.69, 9.17) is 9.15 Å². The van der Waals surface area contributed by atoms with Gasteiger partial charge in [0.15, 0.2) is 5.76 Å². The first kappa shape index (κ1) is 14.1. The summed E-state index contributed by atoms with van der Waals surface area (Å²) in [5.41, 5.74) is 2.10. The number of methoxy groups -OCH3 is 1. The molecule has 0 radical (unpaired) electrons. The van der Waals surface area contributed by atoms with Crippen molar-refractivity contribution in [1.29, 1.82) is 0 Å². The third-order valence-electron chi connectivity index (χ3n) is 3.49. The molecule has 0 atom stereocenters. The number of fused-ring (bicyclic) bond motifs is 1. The largest absolute Gasteiger partial charge is 0.490 e. The SMILES string of the molecule is C/C=C/c1cccc2c(=O)c(OC)c(-c3ccccc3)oc12. The Labute approximate surface area is 128 Å². The van der Waals surface area contributed by atoms with Crippen molar-refractivity contribution in [2.45, 2.75) is 6.92 Å². The fourth-order valence-corrected chi connectivity index (χ4v) is 2.50. The summed E-state index contributed by atoms with van der Waals surface area (Å²) in [6, 6.07) is 15.0. The summed E-state index contributed by atoms with van der Waals surface area (Å²) >= 11 is 0. The Hall–Kier alpha value is -2.81.